The van der Waals surface area contributed by atoms with Crippen molar-refractivity contribution < 1.29 is 0 Å². The van der Waals surface area contributed by atoms with E-state index in [1.807, 2.05) is 0 Å². The minimum atomic E-state index is 0.571. The van der Waals surface area contributed by atoms with Gasteiger partial charge in [0.15, 0.2) is 0 Å². The third-order valence-corrected chi connectivity index (χ3v) is 3.55. The Bertz CT molecular complexity index is 425. The molecule has 1 aromatic rings. The van der Waals surface area contributed by atoms with Gasteiger partial charge in [0.25, 0.3) is 0 Å². The number of likely N-dealkylation sites (N-methyl/N-ethyl adjacent to an activating group) is 1. The molecular formula is C13H17N3. The molecule has 0 aliphatic carbocycles. The van der Waals surface area contributed by atoms with Gasteiger partial charge < -0.3 is 10.2 Å². The Labute approximate surface area is 96.2 Å². The molecule has 3 nitrogen and oxygen atoms in total. The molecule has 0 saturated heterocycles. The number of nitrogens with zero attached hydrogens (tertiary/aromatic N) is 2. The molecule has 1 unspecified atom stereocenters. The molecule has 0 bridgehead atoms. The van der Waals surface area contributed by atoms with E-state index >= 15 is 0 Å². The Kier molecular flexibility index (Phi) is 2.31. The molecule has 1 atom stereocenters. The van der Waals surface area contributed by atoms with Crippen molar-refractivity contribution in [1.29, 1.82) is 0 Å². The van der Waals surface area contributed by atoms with Gasteiger partial charge in [-0.05, 0) is 18.1 Å². The predicted molar refractivity (Wildman–Crippen MR) is 67.3 cm³/mol. The number of aliphatic imine (C=N–C) groups is 1. The van der Waals surface area contributed by atoms with Crippen LogP contribution in [0.15, 0.2) is 29.3 Å². The summed E-state index contributed by atoms with van der Waals surface area (Å²) in [6.07, 6.45) is 2.19. The van der Waals surface area contributed by atoms with Crippen LogP contribution in [0.3, 0.4) is 0 Å². The summed E-state index contributed by atoms with van der Waals surface area (Å²) in [5.41, 5.74) is 2.85. The van der Waals surface area contributed by atoms with Crippen molar-refractivity contribution in [2.45, 2.75) is 18.9 Å². The molecule has 0 saturated carbocycles. The Morgan fingerprint density at radius 3 is 3.06 bits per heavy atom. The average molecular weight is 215 g/mol. The van der Waals surface area contributed by atoms with Gasteiger partial charge in [-0.2, -0.15) is 0 Å². The lowest BCUT2D eigenvalue weighted by molar-refractivity contribution is 0.684. The van der Waals surface area contributed by atoms with Crippen LogP contribution in [0.1, 0.15) is 12.0 Å². The number of anilines is 1. The second-order valence-electron chi connectivity index (χ2n) is 4.56. The number of nitrogens with one attached hydrogen (secondary N) is 1. The van der Waals surface area contributed by atoms with Gasteiger partial charge in [0.05, 0.1) is 12.4 Å². The third-order valence-electron chi connectivity index (χ3n) is 3.55. The standard InChI is InChI=1S/C13H17N3/c1-16-11(9-13-14-6-7-15-13)8-10-4-2-3-5-12(10)16/h2-5,11H,6-9H2,1H3,(H,14,15). The maximum absolute atomic E-state index is 4.48. The smallest absolute Gasteiger partial charge is 0.0985 e. The highest BCUT2D eigenvalue weighted by Gasteiger charge is 2.27. The number of fused-ring (bicyclic) bond motifs is 1. The molecule has 2 aliphatic rings. The Morgan fingerprint density at radius 1 is 1.44 bits per heavy atom. The van der Waals surface area contributed by atoms with Crippen LogP contribution in [0, 0.1) is 0 Å². The number of rotatable bonds is 2. The summed E-state index contributed by atoms with van der Waals surface area (Å²) in [6, 6.07) is 9.25. The van der Waals surface area contributed by atoms with Crippen LogP contribution in [0.4, 0.5) is 5.69 Å². The molecule has 3 heteroatoms. The molecule has 0 amide bonds. The van der Waals surface area contributed by atoms with E-state index in [0.717, 1.165) is 25.9 Å². The summed E-state index contributed by atoms with van der Waals surface area (Å²) < 4.78 is 0. The van der Waals surface area contributed by atoms with Gasteiger partial charge in [0.2, 0.25) is 0 Å². The van der Waals surface area contributed by atoms with E-state index in [-0.39, 0.29) is 0 Å². The largest absolute Gasteiger partial charge is 0.372 e. The minimum absolute atomic E-state index is 0.571. The van der Waals surface area contributed by atoms with Gasteiger partial charge in [0, 0.05) is 31.7 Å². The Hall–Kier alpha value is -1.51. The summed E-state index contributed by atoms with van der Waals surface area (Å²) in [7, 11) is 2.19. The molecule has 0 fully saturated rings. The van der Waals surface area contributed by atoms with E-state index in [9.17, 15) is 0 Å². The molecule has 16 heavy (non-hydrogen) atoms. The van der Waals surface area contributed by atoms with Crippen molar-refractivity contribution in [3.8, 4) is 0 Å². The fourth-order valence-electron chi connectivity index (χ4n) is 2.63. The van der Waals surface area contributed by atoms with E-state index in [1.165, 1.54) is 17.1 Å². The summed E-state index contributed by atoms with van der Waals surface area (Å²) >= 11 is 0. The van der Waals surface area contributed by atoms with Crippen LogP contribution >= 0.6 is 0 Å². The number of benzene rings is 1. The van der Waals surface area contributed by atoms with Gasteiger partial charge in [-0.15, -0.1) is 0 Å². The second-order valence-corrected chi connectivity index (χ2v) is 4.56. The second kappa shape index (κ2) is 3.81. The number of hydrogen-bond donors (Lipinski definition) is 1. The summed E-state index contributed by atoms with van der Waals surface area (Å²) in [5, 5.41) is 3.35. The first kappa shape index (κ1) is 9.70. The topological polar surface area (TPSA) is 27.6 Å². The SMILES string of the molecule is CN1c2ccccc2CC1CC1=NCCN1. The monoisotopic (exact) mass is 215 g/mol. The minimum Gasteiger partial charge on any atom is -0.372 e. The highest BCUT2D eigenvalue weighted by atomic mass is 15.2. The molecule has 0 spiro atoms. The van der Waals surface area contributed by atoms with Crippen LogP contribution in [0.25, 0.3) is 0 Å². The van der Waals surface area contributed by atoms with Crippen molar-refractivity contribution in [1.82, 2.24) is 5.32 Å². The van der Waals surface area contributed by atoms with E-state index in [1.54, 1.807) is 0 Å². The van der Waals surface area contributed by atoms with Crippen molar-refractivity contribution in [3.63, 3.8) is 0 Å². The van der Waals surface area contributed by atoms with E-state index in [0.29, 0.717) is 6.04 Å². The van der Waals surface area contributed by atoms with Gasteiger partial charge in [0.1, 0.15) is 0 Å². The van der Waals surface area contributed by atoms with Gasteiger partial charge in [-0.25, -0.2) is 0 Å². The molecule has 0 radical (unpaired) electrons. The highest BCUT2D eigenvalue weighted by molar-refractivity contribution is 5.85. The molecule has 1 aromatic carbocycles. The Morgan fingerprint density at radius 2 is 2.31 bits per heavy atom. The van der Waals surface area contributed by atoms with E-state index in [2.05, 4.69) is 46.5 Å². The normalized spacial score (nSPS) is 22.9. The molecule has 3 rings (SSSR count). The zero-order valence-corrected chi connectivity index (χ0v) is 9.61. The van der Waals surface area contributed by atoms with Crippen LogP contribution in [0.2, 0.25) is 0 Å². The van der Waals surface area contributed by atoms with E-state index < -0.39 is 0 Å². The highest BCUT2D eigenvalue weighted by Crippen LogP contribution is 2.31. The summed E-state index contributed by atoms with van der Waals surface area (Å²) in [5.74, 6) is 1.18. The first-order valence-corrected chi connectivity index (χ1v) is 5.92. The van der Waals surface area contributed by atoms with Crippen LogP contribution in [-0.2, 0) is 6.42 Å². The van der Waals surface area contributed by atoms with Crippen molar-refractivity contribution >= 4 is 11.5 Å². The van der Waals surface area contributed by atoms with Crippen molar-refractivity contribution in [2.75, 3.05) is 25.0 Å². The summed E-state index contributed by atoms with van der Waals surface area (Å²) in [6.45, 7) is 1.96. The maximum Gasteiger partial charge on any atom is 0.0985 e. The lowest BCUT2D eigenvalue weighted by Crippen LogP contribution is -2.33. The summed E-state index contributed by atoms with van der Waals surface area (Å²) in [4.78, 5) is 6.86. The van der Waals surface area contributed by atoms with Crippen LogP contribution in [0.5, 0.6) is 0 Å². The van der Waals surface area contributed by atoms with Gasteiger partial charge in [-0.1, -0.05) is 18.2 Å². The lowest BCUT2D eigenvalue weighted by Gasteiger charge is -2.22. The molecule has 2 heterocycles. The lowest BCUT2D eigenvalue weighted by atomic mass is 10.1. The van der Waals surface area contributed by atoms with Crippen molar-refractivity contribution in [3.05, 3.63) is 29.8 Å². The molecular weight excluding hydrogens is 198 g/mol. The molecule has 2 aliphatic heterocycles. The first-order chi connectivity index (χ1) is 7.84. The van der Waals surface area contributed by atoms with Gasteiger partial charge >= 0.3 is 0 Å². The first-order valence-electron chi connectivity index (χ1n) is 5.92. The number of hydrogen-bond acceptors (Lipinski definition) is 3. The number of amidine groups is 1. The predicted octanol–water partition coefficient (Wildman–Crippen LogP) is 1.44. The quantitative estimate of drug-likeness (QED) is 0.808. The van der Waals surface area contributed by atoms with E-state index in [4.69, 9.17) is 0 Å². The average Bonchev–Trinajstić information content (AvgIpc) is 2.90. The fraction of sp³-hybridized carbons (Fsp3) is 0.462. The zero-order chi connectivity index (χ0) is 11.0. The van der Waals surface area contributed by atoms with Gasteiger partial charge in [-0.3, -0.25) is 4.99 Å². The molecule has 0 aromatic heterocycles. The Balaban J connectivity index is 1.76. The maximum atomic E-state index is 4.48. The zero-order valence-electron chi connectivity index (χ0n) is 9.61. The third kappa shape index (κ3) is 1.56. The fourth-order valence-corrected chi connectivity index (χ4v) is 2.63. The van der Waals surface area contributed by atoms with Crippen molar-refractivity contribution in [2.24, 2.45) is 4.99 Å². The number of para-hydroxylation sites is 1. The van der Waals surface area contributed by atoms with Crippen LogP contribution in [-0.4, -0.2) is 32.0 Å². The van der Waals surface area contributed by atoms with Crippen LogP contribution < -0.4 is 10.2 Å². The molecule has 84 valence electrons. The molecule has 1 N–H and O–H groups in total.